The van der Waals surface area contributed by atoms with Crippen molar-refractivity contribution in [1.29, 1.82) is 5.26 Å². The molecule has 1 N–H and O–H groups in total. The average molecular weight is 364 g/mol. The summed E-state index contributed by atoms with van der Waals surface area (Å²) in [5.74, 6) is 0.305. The Morgan fingerprint density at radius 1 is 1.33 bits per heavy atom. The number of ether oxygens (including phenoxy) is 1. The van der Waals surface area contributed by atoms with Crippen LogP contribution in [-0.4, -0.2) is 28.9 Å². The zero-order chi connectivity index (χ0) is 19.8. The highest BCUT2D eigenvalue weighted by Gasteiger charge is 2.49. The van der Waals surface area contributed by atoms with Crippen LogP contribution in [0.5, 0.6) is 5.75 Å². The molecular formula is C20H20N4O3. The smallest absolute Gasteiger partial charge is 0.325 e. The van der Waals surface area contributed by atoms with Crippen LogP contribution in [0.4, 0.5) is 4.79 Å². The van der Waals surface area contributed by atoms with Gasteiger partial charge in [0.05, 0.1) is 31.0 Å². The van der Waals surface area contributed by atoms with Crippen molar-refractivity contribution in [3.8, 4) is 11.8 Å². The minimum Gasteiger partial charge on any atom is -0.496 e. The normalized spacial score (nSPS) is 19.0. The second-order valence-electron chi connectivity index (χ2n) is 6.69. The van der Waals surface area contributed by atoms with E-state index in [0.29, 0.717) is 22.6 Å². The van der Waals surface area contributed by atoms with Gasteiger partial charge in [0, 0.05) is 17.3 Å². The van der Waals surface area contributed by atoms with Crippen molar-refractivity contribution in [3.05, 3.63) is 58.4 Å². The van der Waals surface area contributed by atoms with E-state index in [9.17, 15) is 9.59 Å². The minimum atomic E-state index is -1.23. The lowest BCUT2D eigenvalue weighted by Crippen LogP contribution is -2.40. The van der Waals surface area contributed by atoms with E-state index < -0.39 is 11.6 Å². The number of nitrogens with one attached hydrogen (secondary N) is 1. The number of hydrogen-bond donors (Lipinski definition) is 1. The number of pyridine rings is 1. The number of hydrogen-bond acceptors (Lipinski definition) is 5. The maximum atomic E-state index is 13.1. The van der Waals surface area contributed by atoms with Crippen molar-refractivity contribution < 1.29 is 14.3 Å². The third-order valence-electron chi connectivity index (χ3n) is 4.90. The average Bonchev–Trinajstić information content (AvgIpc) is 2.88. The standard InChI is InChI=1S/C20H20N4O3/c1-12-10-22-16(13(2)17(12)27-4)11-24-18(25)20(3,23-19(24)26)15-7-5-6-14(8-15)9-21/h5-8,10H,11H2,1-4H3,(H,23,26). The van der Waals surface area contributed by atoms with Crippen LogP contribution in [0.25, 0.3) is 0 Å². The number of methoxy groups -OCH3 is 1. The molecule has 7 nitrogen and oxygen atoms in total. The van der Waals surface area contributed by atoms with Crippen LogP contribution in [0.3, 0.4) is 0 Å². The van der Waals surface area contributed by atoms with Gasteiger partial charge in [-0.05, 0) is 38.5 Å². The van der Waals surface area contributed by atoms with Gasteiger partial charge in [-0.3, -0.25) is 14.7 Å². The fraction of sp³-hybridized carbons (Fsp3) is 0.300. The number of carbonyl (C=O) groups excluding carboxylic acids is 2. The molecule has 1 aliphatic heterocycles. The molecule has 7 heteroatoms. The number of amides is 3. The molecule has 1 atom stereocenters. The number of urea groups is 1. The maximum Gasteiger partial charge on any atom is 0.325 e. The molecule has 27 heavy (non-hydrogen) atoms. The molecule has 0 saturated carbocycles. The lowest BCUT2D eigenvalue weighted by atomic mass is 9.91. The summed E-state index contributed by atoms with van der Waals surface area (Å²) >= 11 is 0. The zero-order valence-electron chi connectivity index (χ0n) is 15.7. The largest absolute Gasteiger partial charge is 0.496 e. The Labute approximate surface area is 157 Å². The molecule has 0 radical (unpaired) electrons. The molecule has 1 aliphatic rings. The number of imide groups is 1. The Balaban J connectivity index is 1.94. The predicted molar refractivity (Wildman–Crippen MR) is 97.9 cm³/mol. The maximum absolute atomic E-state index is 13.1. The molecule has 1 aromatic carbocycles. The molecule has 138 valence electrons. The Hall–Kier alpha value is -3.40. The van der Waals surface area contributed by atoms with Gasteiger partial charge in [-0.25, -0.2) is 4.79 Å². The molecule has 1 aromatic heterocycles. The van der Waals surface area contributed by atoms with E-state index in [-0.39, 0.29) is 12.5 Å². The Morgan fingerprint density at radius 2 is 2.07 bits per heavy atom. The topological polar surface area (TPSA) is 95.3 Å². The first-order valence-electron chi connectivity index (χ1n) is 8.45. The summed E-state index contributed by atoms with van der Waals surface area (Å²) < 4.78 is 5.40. The first-order chi connectivity index (χ1) is 12.8. The SMILES string of the molecule is COc1c(C)cnc(CN2C(=O)NC(C)(c3cccc(C#N)c3)C2=O)c1C. The number of nitriles is 1. The summed E-state index contributed by atoms with van der Waals surface area (Å²) in [5, 5.41) is 11.8. The van der Waals surface area contributed by atoms with E-state index in [4.69, 9.17) is 10.00 Å². The Morgan fingerprint density at radius 3 is 2.74 bits per heavy atom. The summed E-state index contributed by atoms with van der Waals surface area (Å²) in [5.41, 5.74) is 2.03. The van der Waals surface area contributed by atoms with Gasteiger partial charge in [0.15, 0.2) is 0 Å². The molecule has 1 unspecified atom stereocenters. The third kappa shape index (κ3) is 2.99. The van der Waals surface area contributed by atoms with Gasteiger partial charge in [0.1, 0.15) is 11.3 Å². The van der Waals surface area contributed by atoms with Crippen molar-refractivity contribution in [2.45, 2.75) is 32.9 Å². The third-order valence-corrected chi connectivity index (χ3v) is 4.90. The molecule has 0 bridgehead atoms. The predicted octanol–water partition coefficient (Wildman–Crippen LogP) is 2.55. The van der Waals surface area contributed by atoms with Gasteiger partial charge in [-0.15, -0.1) is 0 Å². The van der Waals surface area contributed by atoms with Crippen molar-refractivity contribution >= 4 is 11.9 Å². The lowest BCUT2D eigenvalue weighted by molar-refractivity contribution is -0.131. The molecular weight excluding hydrogens is 344 g/mol. The van der Waals surface area contributed by atoms with E-state index in [1.54, 1.807) is 44.5 Å². The summed E-state index contributed by atoms with van der Waals surface area (Å²) in [6.07, 6.45) is 1.66. The zero-order valence-corrected chi connectivity index (χ0v) is 15.7. The highest BCUT2D eigenvalue weighted by atomic mass is 16.5. The second-order valence-corrected chi connectivity index (χ2v) is 6.69. The van der Waals surface area contributed by atoms with Crippen molar-refractivity contribution in [2.24, 2.45) is 0 Å². The molecule has 1 fully saturated rings. The number of nitrogens with zero attached hydrogens (tertiary/aromatic N) is 3. The van der Waals surface area contributed by atoms with Gasteiger partial charge in [0.25, 0.3) is 5.91 Å². The molecule has 1 saturated heterocycles. The summed E-state index contributed by atoms with van der Waals surface area (Å²) in [7, 11) is 1.58. The van der Waals surface area contributed by atoms with Crippen LogP contribution in [-0.2, 0) is 16.9 Å². The number of aryl methyl sites for hydroxylation is 1. The van der Waals surface area contributed by atoms with Gasteiger partial charge in [-0.2, -0.15) is 5.26 Å². The summed E-state index contributed by atoms with van der Waals surface area (Å²) in [4.78, 5) is 31.1. The number of benzene rings is 1. The minimum absolute atomic E-state index is 0.0423. The van der Waals surface area contributed by atoms with Crippen LogP contribution in [0, 0.1) is 25.2 Å². The van der Waals surface area contributed by atoms with Crippen LogP contribution >= 0.6 is 0 Å². The fourth-order valence-corrected chi connectivity index (χ4v) is 3.32. The van der Waals surface area contributed by atoms with E-state index >= 15 is 0 Å². The number of carbonyl (C=O) groups is 2. The van der Waals surface area contributed by atoms with Gasteiger partial charge < -0.3 is 10.1 Å². The van der Waals surface area contributed by atoms with Crippen molar-refractivity contribution in [2.75, 3.05) is 7.11 Å². The highest BCUT2D eigenvalue weighted by Crippen LogP contribution is 2.31. The quantitative estimate of drug-likeness (QED) is 0.841. The van der Waals surface area contributed by atoms with Crippen LogP contribution in [0.1, 0.15) is 34.9 Å². The molecule has 0 aliphatic carbocycles. The number of aromatic nitrogens is 1. The van der Waals surface area contributed by atoms with Crippen molar-refractivity contribution in [3.63, 3.8) is 0 Å². The van der Waals surface area contributed by atoms with Gasteiger partial charge in [0.2, 0.25) is 0 Å². The van der Waals surface area contributed by atoms with E-state index in [1.165, 1.54) is 0 Å². The second kappa shape index (κ2) is 6.72. The van der Waals surface area contributed by atoms with E-state index in [0.717, 1.165) is 16.0 Å². The highest BCUT2D eigenvalue weighted by molar-refractivity contribution is 6.07. The Kier molecular flexibility index (Phi) is 4.58. The van der Waals surface area contributed by atoms with Crippen LogP contribution < -0.4 is 10.1 Å². The van der Waals surface area contributed by atoms with Crippen LogP contribution in [0.2, 0.25) is 0 Å². The first-order valence-corrected chi connectivity index (χ1v) is 8.45. The Bertz CT molecular complexity index is 980. The molecule has 3 amide bonds. The molecule has 3 rings (SSSR count). The lowest BCUT2D eigenvalue weighted by Gasteiger charge is -2.22. The first kappa shape index (κ1) is 18.4. The van der Waals surface area contributed by atoms with Gasteiger partial charge in [-0.1, -0.05) is 12.1 Å². The monoisotopic (exact) mass is 364 g/mol. The molecule has 2 aromatic rings. The van der Waals surface area contributed by atoms with E-state index in [1.807, 2.05) is 19.9 Å². The number of rotatable bonds is 4. The van der Waals surface area contributed by atoms with E-state index in [2.05, 4.69) is 10.3 Å². The summed E-state index contributed by atoms with van der Waals surface area (Å²) in [6.45, 7) is 5.41. The van der Waals surface area contributed by atoms with Crippen molar-refractivity contribution in [1.82, 2.24) is 15.2 Å². The summed E-state index contributed by atoms with van der Waals surface area (Å²) in [6, 6.07) is 8.23. The fourth-order valence-electron chi connectivity index (χ4n) is 3.32. The van der Waals surface area contributed by atoms with Gasteiger partial charge >= 0.3 is 6.03 Å². The van der Waals surface area contributed by atoms with Crippen LogP contribution in [0.15, 0.2) is 30.5 Å². The molecule has 0 spiro atoms. The molecule has 2 heterocycles.